The molecule has 0 radical (unpaired) electrons. The summed E-state index contributed by atoms with van der Waals surface area (Å²) in [5.74, 6) is 0.323. The van der Waals surface area contributed by atoms with Gasteiger partial charge >= 0.3 is 0 Å². The molecule has 0 atom stereocenters. The van der Waals surface area contributed by atoms with Gasteiger partial charge in [0.2, 0.25) is 0 Å². The summed E-state index contributed by atoms with van der Waals surface area (Å²) in [5, 5.41) is 2.02. The lowest BCUT2D eigenvalue weighted by Gasteiger charge is -2.52. The second-order valence-corrected chi connectivity index (χ2v) is 7.02. The molecule has 0 unspecified atom stereocenters. The smallest absolute Gasteiger partial charge is 0.136 e. The number of hydrogen-bond donors (Lipinski definition) is 0. The molecule has 0 bridgehead atoms. The van der Waals surface area contributed by atoms with E-state index in [0.717, 1.165) is 0 Å². The molecule has 1 fully saturated rings. The molecule has 0 aliphatic carbocycles. The molecule has 0 aromatic heterocycles. The number of ketones is 1. The van der Waals surface area contributed by atoms with Crippen molar-refractivity contribution in [1.29, 1.82) is 0 Å². The van der Waals surface area contributed by atoms with Crippen LogP contribution in [-0.2, 0) is 9.63 Å². The lowest BCUT2D eigenvalue weighted by Crippen LogP contribution is -2.62. The number of Topliss-reactive ketones (excluding diaryl/α,β-unsaturated/α-hetero) is 1. The molecule has 1 saturated heterocycles. The van der Waals surface area contributed by atoms with Gasteiger partial charge in [0.15, 0.2) is 0 Å². The van der Waals surface area contributed by atoms with Gasteiger partial charge in [-0.2, -0.15) is 5.06 Å². The van der Waals surface area contributed by atoms with Crippen molar-refractivity contribution in [2.45, 2.75) is 78.0 Å². The van der Waals surface area contributed by atoms with E-state index in [-0.39, 0.29) is 16.7 Å². The van der Waals surface area contributed by atoms with E-state index < -0.39 is 0 Å². The van der Waals surface area contributed by atoms with Gasteiger partial charge in [0.25, 0.3) is 0 Å². The maximum absolute atomic E-state index is 11.7. The van der Waals surface area contributed by atoms with Crippen molar-refractivity contribution in [3.05, 3.63) is 0 Å². The van der Waals surface area contributed by atoms with E-state index in [1.807, 2.05) is 25.8 Å². The zero-order valence-electron chi connectivity index (χ0n) is 11.7. The first kappa shape index (κ1) is 13.7. The summed E-state index contributed by atoms with van der Waals surface area (Å²) in [7, 11) is 0. The third kappa shape index (κ3) is 3.05. The van der Waals surface area contributed by atoms with Crippen LogP contribution in [0.5, 0.6) is 0 Å². The summed E-state index contributed by atoms with van der Waals surface area (Å²) >= 11 is 0. The number of carbonyl (C=O) groups is 1. The van der Waals surface area contributed by atoms with E-state index in [1.54, 1.807) is 0 Å². The van der Waals surface area contributed by atoms with Crippen molar-refractivity contribution in [3.63, 3.8) is 0 Å². The maximum Gasteiger partial charge on any atom is 0.136 e. The van der Waals surface area contributed by atoms with E-state index in [2.05, 4.69) is 27.7 Å². The molecule has 3 nitrogen and oxygen atoms in total. The van der Waals surface area contributed by atoms with Crippen LogP contribution in [0.3, 0.4) is 0 Å². The highest BCUT2D eigenvalue weighted by atomic mass is 16.7. The van der Waals surface area contributed by atoms with E-state index >= 15 is 0 Å². The second-order valence-electron chi connectivity index (χ2n) is 7.02. The molecule has 1 heterocycles. The van der Waals surface area contributed by atoms with E-state index in [1.165, 1.54) is 0 Å². The fourth-order valence-corrected chi connectivity index (χ4v) is 2.51. The first-order valence-electron chi connectivity index (χ1n) is 5.95. The molecule has 3 heteroatoms. The Morgan fingerprint density at radius 3 is 1.75 bits per heavy atom. The number of carbonyl (C=O) groups excluding carboxylic acids is 1. The van der Waals surface area contributed by atoms with Gasteiger partial charge in [-0.05, 0) is 48.5 Å². The van der Waals surface area contributed by atoms with Gasteiger partial charge in [-0.3, -0.25) is 9.63 Å². The van der Waals surface area contributed by atoms with Crippen molar-refractivity contribution in [3.8, 4) is 0 Å². The summed E-state index contributed by atoms with van der Waals surface area (Å²) in [4.78, 5) is 17.8. The molecule has 94 valence electrons. The van der Waals surface area contributed by atoms with Crippen LogP contribution in [0.2, 0.25) is 0 Å². The lowest BCUT2D eigenvalue weighted by atomic mass is 9.81. The highest BCUT2D eigenvalue weighted by Gasteiger charge is 2.47. The average Bonchev–Trinajstić information content (AvgIpc) is 1.92. The zero-order valence-corrected chi connectivity index (χ0v) is 11.7. The molecule has 0 saturated carbocycles. The van der Waals surface area contributed by atoms with Crippen LogP contribution >= 0.6 is 0 Å². The van der Waals surface area contributed by atoms with Crippen molar-refractivity contribution in [2.24, 2.45) is 0 Å². The van der Waals surface area contributed by atoms with Gasteiger partial charge in [-0.1, -0.05) is 0 Å². The number of nitrogens with zero attached hydrogens (tertiary/aromatic N) is 1. The minimum Gasteiger partial charge on any atom is -0.300 e. The highest BCUT2D eigenvalue weighted by molar-refractivity contribution is 5.81. The monoisotopic (exact) mass is 227 g/mol. The predicted octanol–water partition coefficient (Wildman–Crippen LogP) is 2.94. The van der Waals surface area contributed by atoms with Crippen molar-refractivity contribution in [2.75, 3.05) is 0 Å². The van der Waals surface area contributed by atoms with Crippen LogP contribution in [0, 0.1) is 0 Å². The lowest BCUT2D eigenvalue weighted by molar-refractivity contribution is -0.318. The SMILES string of the molecule is CC(C)(C)ON1C(C)(C)CC(=O)CC1(C)C. The number of rotatable bonds is 1. The van der Waals surface area contributed by atoms with Crippen LogP contribution in [0.4, 0.5) is 0 Å². The molecule has 1 aliphatic heterocycles. The molecular formula is C13H25NO2. The fourth-order valence-electron chi connectivity index (χ4n) is 2.51. The highest BCUT2D eigenvalue weighted by Crippen LogP contribution is 2.38. The Labute approximate surface area is 99.1 Å². The molecule has 1 aliphatic rings. The Balaban J connectivity index is 2.97. The minimum absolute atomic E-state index is 0.227. The van der Waals surface area contributed by atoms with Crippen molar-refractivity contribution in [1.82, 2.24) is 5.06 Å². The first-order chi connectivity index (χ1) is 6.94. The zero-order chi connectivity index (χ0) is 12.8. The molecule has 1 rings (SSSR count). The third-order valence-corrected chi connectivity index (χ3v) is 2.72. The first-order valence-corrected chi connectivity index (χ1v) is 5.95. The predicted molar refractivity (Wildman–Crippen MR) is 65.1 cm³/mol. The summed E-state index contributed by atoms with van der Waals surface area (Å²) in [6, 6.07) is 0. The summed E-state index contributed by atoms with van der Waals surface area (Å²) < 4.78 is 0. The number of piperidine rings is 1. The normalized spacial score (nSPS) is 25.8. The standard InChI is InChI=1S/C13H25NO2/c1-11(2,3)16-14-12(4,5)8-10(15)9-13(14,6)7/h8-9H2,1-7H3. The van der Waals surface area contributed by atoms with Crippen molar-refractivity contribution >= 4 is 5.78 Å². The topological polar surface area (TPSA) is 29.5 Å². The molecule has 0 N–H and O–H groups in total. The molecule has 16 heavy (non-hydrogen) atoms. The van der Waals surface area contributed by atoms with Gasteiger partial charge in [-0.25, -0.2) is 0 Å². The van der Waals surface area contributed by atoms with E-state index in [9.17, 15) is 4.79 Å². The quantitative estimate of drug-likeness (QED) is 0.690. The van der Waals surface area contributed by atoms with Crippen molar-refractivity contribution < 1.29 is 9.63 Å². The molecular weight excluding hydrogens is 202 g/mol. The molecule has 0 spiro atoms. The van der Waals surface area contributed by atoms with Crippen LogP contribution in [0.15, 0.2) is 0 Å². The second kappa shape index (κ2) is 3.81. The summed E-state index contributed by atoms with van der Waals surface area (Å²) in [6.07, 6.45) is 1.12. The third-order valence-electron chi connectivity index (χ3n) is 2.72. The Morgan fingerprint density at radius 2 is 1.44 bits per heavy atom. The van der Waals surface area contributed by atoms with E-state index in [4.69, 9.17) is 4.84 Å². The van der Waals surface area contributed by atoms with Crippen LogP contribution in [-0.4, -0.2) is 27.5 Å². The fraction of sp³-hybridized carbons (Fsp3) is 0.923. The average molecular weight is 227 g/mol. The van der Waals surface area contributed by atoms with Gasteiger partial charge in [0.1, 0.15) is 5.78 Å². The Bertz CT molecular complexity index is 267. The van der Waals surface area contributed by atoms with Gasteiger partial charge in [0, 0.05) is 23.9 Å². The number of hydrogen-bond acceptors (Lipinski definition) is 3. The van der Waals surface area contributed by atoms with E-state index in [0.29, 0.717) is 18.6 Å². The molecule has 0 aromatic rings. The van der Waals surface area contributed by atoms with Gasteiger partial charge < -0.3 is 0 Å². The van der Waals surface area contributed by atoms with Crippen LogP contribution in [0.1, 0.15) is 61.3 Å². The Morgan fingerprint density at radius 1 is 1.06 bits per heavy atom. The van der Waals surface area contributed by atoms with Crippen LogP contribution < -0.4 is 0 Å². The minimum atomic E-state index is -0.230. The largest absolute Gasteiger partial charge is 0.300 e. The number of hydroxylamine groups is 2. The van der Waals surface area contributed by atoms with Gasteiger partial charge in [-0.15, -0.1) is 0 Å². The van der Waals surface area contributed by atoms with Crippen LogP contribution in [0.25, 0.3) is 0 Å². The molecule has 0 amide bonds. The summed E-state index contributed by atoms with van der Waals surface area (Å²) in [6.45, 7) is 14.4. The van der Waals surface area contributed by atoms with Gasteiger partial charge in [0.05, 0.1) is 5.60 Å². The Kier molecular flexibility index (Phi) is 3.25. The maximum atomic E-state index is 11.7. The summed E-state index contributed by atoms with van der Waals surface area (Å²) in [5.41, 5.74) is -0.687. The Hall–Kier alpha value is -0.410. The molecule has 0 aromatic carbocycles.